The van der Waals surface area contributed by atoms with Crippen LogP contribution in [0.5, 0.6) is 0 Å². The van der Waals surface area contributed by atoms with Crippen LogP contribution in [-0.2, 0) is 4.79 Å². The molecular formula is C15H9N2O6-. The second-order valence-corrected chi connectivity index (χ2v) is 5.00. The smallest absolute Gasteiger partial charge is 0.277 e. The normalized spacial score (nSPS) is 13.5. The van der Waals surface area contributed by atoms with Gasteiger partial charge in [0.25, 0.3) is 17.5 Å². The SMILES string of the molecule is O=C([O-])CCN1C(=O)c2cccc3c([N+](=O)[O-])ccc(c23)C1=O. The predicted molar refractivity (Wildman–Crippen MR) is 75.6 cm³/mol. The summed E-state index contributed by atoms with van der Waals surface area (Å²) in [5, 5.41) is 22.1. The Morgan fingerprint density at radius 1 is 1.09 bits per heavy atom. The Morgan fingerprint density at radius 2 is 1.74 bits per heavy atom. The molecule has 0 N–H and O–H groups in total. The van der Waals surface area contributed by atoms with Gasteiger partial charge >= 0.3 is 0 Å². The van der Waals surface area contributed by atoms with Crippen molar-refractivity contribution in [2.75, 3.05) is 6.54 Å². The fourth-order valence-corrected chi connectivity index (χ4v) is 2.70. The molecule has 0 saturated heterocycles. The maximum Gasteiger partial charge on any atom is 0.277 e. The lowest BCUT2D eigenvalue weighted by molar-refractivity contribution is -0.383. The zero-order valence-corrected chi connectivity index (χ0v) is 11.6. The molecular weight excluding hydrogens is 304 g/mol. The van der Waals surface area contributed by atoms with Crippen molar-refractivity contribution >= 4 is 34.2 Å². The lowest BCUT2D eigenvalue weighted by Gasteiger charge is -2.27. The first-order chi connectivity index (χ1) is 10.9. The summed E-state index contributed by atoms with van der Waals surface area (Å²) in [7, 11) is 0. The molecule has 2 amide bonds. The van der Waals surface area contributed by atoms with E-state index >= 15 is 0 Å². The number of carboxylic acid groups (broad SMARTS) is 1. The van der Waals surface area contributed by atoms with Crippen LogP contribution in [0.4, 0.5) is 5.69 Å². The molecule has 1 aliphatic heterocycles. The van der Waals surface area contributed by atoms with Crippen LogP contribution < -0.4 is 5.11 Å². The minimum absolute atomic E-state index is 0.138. The van der Waals surface area contributed by atoms with Crippen molar-refractivity contribution in [2.45, 2.75) is 6.42 Å². The first kappa shape index (κ1) is 14.6. The topological polar surface area (TPSA) is 121 Å². The van der Waals surface area contributed by atoms with Gasteiger partial charge in [-0.25, -0.2) is 0 Å². The van der Waals surface area contributed by atoms with Crippen molar-refractivity contribution in [3.05, 3.63) is 51.6 Å². The summed E-state index contributed by atoms with van der Waals surface area (Å²) in [6, 6.07) is 6.89. The van der Waals surface area contributed by atoms with Gasteiger partial charge in [0.05, 0.1) is 10.3 Å². The molecule has 0 radical (unpaired) electrons. The Morgan fingerprint density at radius 3 is 2.35 bits per heavy atom. The standard InChI is InChI=1S/C15H10N2O6/c18-12(19)6-7-16-14(20)9-3-1-2-8-11(17(22)23)5-4-10(13(8)9)15(16)21/h1-5H,6-7H2,(H,18,19)/p-1. The van der Waals surface area contributed by atoms with Crippen LogP contribution in [0, 0.1) is 10.1 Å². The quantitative estimate of drug-likeness (QED) is 0.460. The largest absolute Gasteiger partial charge is 0.550 e. The Balaban J connectivity index is 2.21. The van der Waals surface area contributed by atoms with Gasteiger partial charge in [0.1, 0.15) is 0 Å². The monoisotopic (exact) mass is 313 g/mol. The number of imide groups is 1. The number of amides is 2. The Labute approximate surface area is 129 Å². The number of nitro benzene ring substituents is 1. The number of carbonyl (C=O) groups excluding carboxylic acids is 3. The summed E-state index contributed by atoms with van der Waals surface area (Å²) in [6.45, 7) is -0.313. The molecule has 2 aromatic rings. The van der Waals surface area contributed by atoms with Crippen LogP contribution in [0.1, 0.15) is 27.1 Å². The molecule has 0 bridgehead atoms. The maximum absolute atomic E-state index is 12.4. The van der Waals surface area contributed by atoms with Crippen LogP contribution in [-0.4, -0.2) is 34.2 Å². The zero-order valence-electron chi connectivity index (χ0n) is 11.6. The van der Waals surface area contributed by atoms with E-state index in [2.05, 4.69) is 0 Å². The number of rotatable bonds is 4. The highest BCUT2D eigenvalue weighted by molar-refractivity contribution is 6.26. The summed E-state index contributed by atoms with van der Waals surface area (Å²) in [4.78, 5) is 46.8. The van der Waals surface area contributed by atoms with Gasteiger partial charge in [0.2, 0.25) is 0 Å². The van der Waals surface area contributed by atoms with Gasteiger partial charge in [-0.1, -0.05) is 6.07 Å². The van der Waals surface area contributed by atoms with Gasteiger partial charge in [-0.15, -0.1) is 0 Å². The number of hydrogen-bond acceptors (Lipinski definition) is 6. The molecule has 1 aliphatic rings. The average molecular weight is 313 g/mol. The number of non-ortho nitro benzene ring substituents is 1. The zero-order chi connectivity index (χ0) is 16.7. The third kappa shape index (κ3) is 2.20. The van der Waals surface area contributed by atoms with Crippen molar-refractivity contribution in [3.8, 4) is 0 Å². The van der Waals surface area contributed by atoms with Crippen molar-refractivity contribution < 1.29 is 24.4 Å². The van der Waals surface area contributed by atoms with Crippen LogP contribution in [0.25, 0.3) is 10.8 Å². The molecule has 116 valence electrons. The highest BCUT2D eigenvalue weighted by Gasteiger charge is 2.34. The first-order valence-electron chi connectivity index (χ1n) is 6.68. The number of aliphatic carboxylic acids is 1. The van der Waals surface area contributed by atoms with Gasteiger partial charge in [0.15, 0.2) is 0 Å². The second-order valence-electron chi connectivity index (χ2n) is 5.00. The highest BCUT2D eigenvalue weighted by atomic mass is 16.6. The minimum Gasteiger partial charge on any atom is -0.550 e. The van der Waals surface area contributed by atoms with E-state index in [4.69, 9.17) is 0 Å². The predicted octanol–water partition coefficient (Wildman–Crippen LogP) is 0.484. The van der Waals surface area contributed by atoms with E-state index in [1.165, 1.54) is 30.3 Å². The Bertz CT molecular complexity index is 867. The number of benzene rings is 2. The van der Waals surface area contributed by atoms with Crippen molar-refractivity contribution in [2.24, 2.45) is 0 Å². The molecule has 8 nitrogen and oxygen atoms in total. The highest BCUT2D eigenvalue weighted by Crippen LogP contribution is 2.35. The van der Waals surface area contributed by atoms with E-state index in [1.807, 2.05) is 0 Å². The lowest BCUT2D eigenvalue weighted by Crippen LogP contribution is -2.42. The molecule has 23 heavy (non-hydrogen) atoms. The van der Waals surface area contributed by atoms with Crippen LogP contribution >= 0.6 is 0 Å². The second kappa shape index (κ2) is 5.16. The Kier molecular flexibility index (Phi) is 3.29. The van der Waals surface area contributed by atoms with Crippen molar-refractivity contribution in [1.29, 1.82) is 0 Å². The summed E-state index contributed by atoms with van der Waals surface area (Å²) in [5.41, 5.74) is 0.0766. The first-order valence-corrected chi connectivity index (χ1v) is 6.68. The molecule has 0 spiro atoms. The van der Waals surface area contributed by atoms with Gasteiger partial charge in [-0.3, -0.25) is 24.6 Å². The lowest BCUT2D eigenvalue weighted by atomic mass is 9.93. The Hall–Kier alpha value is -3.29. The van der Waals surface area contributed by atoms with E-state index in [0.29, 0.717) is 0 Å². The third-order valence-electron chi connectivity index (χ3n) is 3.70. The third-order valence-corrected chi connectivity index (χ3v) is 3.70. The molecule has 0 unspecified atom stereocenters. The van der Waals surface area contributed by atoms with Crippen LogP contribution in [0.15, 0.2) is 30.3 Å². The van der Waals surface area contributed by atoms with Gasteiger partial charge < -0.3 is 9.90 Å². The number of nitro groups is 1. The molecule has 2 aromatic carbocycles. The van der Waals surface area contributed by atoms with Gasteiger partial charge in [0, 0.05) is 41.5 Å². The summed E-state index contributed by atoms with van der Waals surface area (Å²) in [5.74, 6) is -2.72. The average Bonchev–Trinajstić information content (AvgIpc) is 2.51. The fourth-order valence-electron chi connectivity index (χ4n) is 2.70. The number of carboxylic acids is 1. The molecule has 0 saturated carbocycles. The summed E-state index contributed by atoms with van der Waals surface area (Å²) >= 11 is 0. The molecule has 1 heterocycles. The molecule has 8 heteroatoms. The van der Waals surface area contributed by atoms with E-state index in [9.17, 15) is 29.6 Å². The molecule has 0 atom stereocenters. The van der Waals surface area contributed by atoms with E-state index < -0.39 is 29.1 Å². The maximum atomic E-state index is 12.4. The van der Waals surface area contributed by atoms with Crippen molar-refractivity contribution in [3.63, 3.8) is 0 Å². The van der Waals surface area contributed by atoms with Gasteiger partial charge in [-0.05, 0) is 18.2 Å². The number of carbonyl (C=O) groups is 3. The van der Waals surface area contributed by atoms with Gasteiger partial charge in [-0.2, -0.15) is 0 Å². The molecule has 0 fully saturated rings. The van der Waals surface area contributed by atoms with Crippen LogP contribution in [0.2, 0.25) is 0 Å². The van der Waals surface area contributed by atoms with E-state index in [-0.39, 0.29) is 34.1 Å². The molecule has 0 aromatic heterocycles. The fraction of sp³-hybridized carbons (Fsp3) is 0.133. The van der Waals surface area contributed by atoms with Crippen molar-refractivity contribution in [1.82, 2.24) is 4.90 Å². The summed E-state index contributed by atoms with van der Waals surface area (Å²) < 4.78 is 0. The molecule has 0 aliphatic carbocycles. The summed E-state index contributed by atoms with van der Waals surface area (Å²) in [6.07, 6.45) is -0.476. The van der Waals surface area contributed by atoms with E-state index in [0.717, 1.165) is 4.90 Å². The van der Waals surface area contributed by atoms with Crippen LogP contribution in [0.3, 0.4) is 0 Å². The molecule has 3 rings (SSSR count). The van der Waals surface area contributed by atoms with E-state index in [1.54, 1.807) is 0 Å². The number of nitrogens with zero attached hydrogens (tertiary/aromatic N) is 2. The minimum atomic E-state index is -1.38. The number of hydrogen-bond donors (Lipinski definition) is 0.